The molecule has 0 spiro atoms. The summed E-state index contributed by atoms with van der Waals surface area (Å²) in [6.45, 7) is 0.722. The minimum atomic E-state index is 0.108. The minimum Gasteiger partial charge on any atom is -0.309 e. The Morgan fingerprint density at radius 2 is 2.05 bits per heavy atom. The summed E-state index contributed by atoms with van der Waals surface area (Å²) >= 11 is 0. The van der Waals surface area contributed by atoms with E-state index in [1.165, 1.54) is 12.0 Å². The number of carbonyl (C=O) groups excluding carboxylic acids is 1. The standard InChI is InChI=1S/C15H17N3O/c19-15(13-7-4-8-13)16-14-9-10-18(17-14)11-12-5-2-1-3-6-12/h1-3,5-6,9-10,13H,4,7-8,11H2,(H,16,17,19). The maximum atomic E-state index is 11.8. The SMILES string of the molecule is O=C(Nc1ccn(Cc2ccccc2)n1)C1CCC1. The van der Waals surface area contributed by atoms with Crippen LogP contribution in [-0.2, 0) is 11.3 Å². The summed E-state index contributed by atoms with van der Waals surface area (Å²) in [5.74, 6) is 0.948. The van der Waals surface area contributed by atoms with Gasteiger partial charge in [0.05, 0.1) is 6.54 Å². The first kappa shape index (κ1) is 12.0. The van der Waals surface area contributed by atoms with Crippen molar-refractivity contribution in [3.63, 3.8) is 0 Å². The van der Waals surface area contributed by atoms with Crippen LogP contribution in [-0.4, -0.2) is 15.7 Å². The lowest BCUT2D eigenvalue weighted by atomic mass is 9.85. The molecule has 2 aromatic rings. The van der Waals surface area contributed by atoms with Crippen LogP contribution in [0.4, 0.5) is 5.82 Å². The van der Waals surface area contributed by atoms with Gasteiger partial charge in [-0.15, -0.1) is 0 Å². The molecule has 1 N–H and O–H groups in total. The summed E-state index contributed by atoms with van der Waals surface area (Å²) in [5, 5.41) is 7.25. The van der Waals surface area contributed by atoms with Crippen molar-refractivity contribution in [3.05, 3.63) is 48.2 Å². The zero-order valence-corrected chi connectivity index (χ0v) is 10.7. The summed E-state index contributed by atoms with van der Waals surface area (Å²) in [6, 6.07) is 12.0. The van der Waals surface area contributed by atoms with Gasteiger partial charge in [-0.3, -0.25) is 9.48 Å². The van der Waals surface area contributed by atoms with Gasteiger partial charge in [0.25, 0.3) is 0 Å². The Balaban J connectivity index is 1.61. The third kappa shape index (κ3) is 2.84. The highest BCUT2D eigenvalue weighted by molar-refractivity contribution is 5.92. The zero-order chi connectivity index (χ0) is 13.1. The Labute approximate surface area is 112 Å². The lowest BCUT2D eigenvalue weighted by molar-refractivity contribution is -0.122. The topological polar surface area (TPSA) is 46.9 Å². The van der Waals surface area contributed by atoms with Crippen LogP contribution < -0.4 is 5.32 Å². The van der Waals surface area contributed by atoms with E-state index >= 15 is 0 Å². The molecule has 1 amide bonds. The number of benzene rings is 1. The number of nitrogens with one attached hydrogen (secondary N) is 1. The van der Waals surface area contributed by atoms with E-state index in [1.54, 1.807) is 0 Å². The smallest absolute Gasteiger partial charge is 0.228 e. The lowest BCUT2D eigenvalue weighted by Gasteiger charge is -2.23. The maximum absolute atomic E-state index is 11.8. The molecular formula is C15H17N3O. The van der Waals surface area contributed by atoms with Crippen molar-refractivity contribution in [1.29, 1.82) is 0 Å². The molecule has 1 aromatic heterocycles. The van der Waals surface area contributed by atoms with E-state index in [-0.39, 0.29) is 11.8 Å². The third-order valence-corrected chi connectivity index (χ3v) is 3.56. The molecular weight excluding hydrogens is 238 g/mol. The molecule has 0 saturated heterocycles. The predicted molar refractivity (Wildman–Crippen MR) is 73.7 cm³/mol. The van der Waals surface area contributed by atoms with Gasteiger partial charge in [-0.1, -0.05) is 36.8 Å². The predicted octanol–water partition coefficient (Wildman–Crippen LogP) is 2.67. The van der Waals surface area contributed by atoms with Crippen LogP contribution in [0.1, 0.15) is 24.8 Å². The van der Waals surface area contributed by atoms with Crippen LogP contribution in [0.15, 0.2) is 42.6 Å². The first-order chi connectivity index (χ1) is 9.31. The first-order valence-electron chi connectivity index (χ1n) is 6.69. The second-order valence-corrected chi connectivity index (χ2v) is 5.00. The van der Waals surface area contributed by atoms with Crippen molar-refractivity contribution in [3.8, 4) is 0 Å². The molecule has 0 aliphatic heterocycles. The molecule has 4 nitrogen and oxygen atoms in total. The average Bonchev–Trinajstić information content (AvgIpc) is 2.75. The van der Waals surface area contributed by atoms with Gasteiger partial charge in [-0.2, -0.15) is 5.10 Å². The molecule has 1 saturated carbocycles. The molecule has 0 unspecified atom stereocenters. The Morgan fingerprint density at radius 1 is 1.26 bits per heavy atom. The molecule has 3 rings (SSSR count). The fourth-order valence-corrected chi connectivity index (χ4v) is 2.19. The number of carbonyl (C=O) groups is 1. The van der Waals surface area contributed by atoms with Gasteiger partial charge in [0.2, 0.25) is 5.91 Å². The normalized spacial score (nSPS) is 14.9. The highest BCUT2D eigenvalue weighted by Crippen LogP contribution is 2.27. The Morgan fingerprint density at radius 3 is 2.74 bits per heavy atom. The average molecular weight is 255 g/mol. The Bertz CT molecular complexity index is 558. The minimum absolute atomic E-state index is 0.108. The van der Waals surface area contributed by atoms with Crippen molar-refractivity contribution >= 4 is 11.7 Å². The van der Waals surface area contributed by atoms with Gasteiger partial charge in [0.15, 0.2) is 5.82 Å². The fraction of sp³-hybridized carbons (Fsp3) is 0.333. The van der Waals surface area contributed by atoms with E-state index in [0.717, 1.165) is 19.4 Å². The lowest BCUT2D eigenvalue weighted by Crippen LogP contribution is -2.28. The summed E-state index contributed by atoms with van der Waals surface area (Å²) in [4.78, 5) is 11.8. The Kier molecular flexibility index (Phi) is 3.31. The number of rotatable bonds is 4. The van der Waals surface area contributed by atoms with Crippen molar-refractivity contribution in [2.24, 2.45) is 5.92 Å². The molecule has 1 aliphatic carbocycles. The summed E-state index contributed by atoms with van der Waals surface area (Å²) in [6.07, 6.45) is 5.08. The van der Waals surface area contributed by atoms with Crippen molar-refractivity contribution in [2.75, 3.05) is 5.32 Å². The van der Waals surface area contributed by atoms with Gasteiger partial charge in [-0.05, 0) is 18.4 Å². The number of amides is 1. The number of anilines is 1. The van der Waals surface area contributed by atoms with Gasteiger partial charge >= 0.3 is 0 Å². The van der Waals surface area contributed by atoms with Crippen molar-refractivity contribution in [2.45, 2.75) is 25.8 Å². The van der Waals surface area contributed by atoms with E-state index in [2.05, 4.69) is 22.5 Å². The van der Waals surface area contributed by atoms with Gasteiger partial charge in [0.1, 0.15) is 0 Å². The molecule has 1 heterocycles. The van der Waals surface area contributed by atoms with Crippen molar-refractivity contribution < 1.29 is 4.79 Å². The maximum Gasteiger partial charge on any atom is 0.228 e. The fourth-order valence-electron chi connectivity index (χ4n) is 2.19. The quantitative estimate of drug-likeness (QED) is 0.913. The molecule has 19 heavy (non-hydrogen) atoms. The van der Waals surface area contributed by atoms with Gasteiger partial charge in [0, 0.05) is 18.2 Å². The molecule has 0 atom stereocenters. The molecule has 98 valence electrons. The molecule has 1 aliphatic rings. The molecule has 1 aromatic carbocycles. The van der Waals surface area contributed by atoms with Gasteiger partial charge < -0.3 is 5.32 Å². The van der Waals surface area contributed by atoms with E-state index in [4.69, 9.17) is 0 Å². The summed E-state index contributed by atoms with van der Waals surface area (Å²) in [7, 11) is 0. The van der Waals surface area contributed by atoms with Crippen molar-refractivity contribution in [1.82, 2.24) is 9.78 Å². The van der Waals surface area contributed by atoms with Crippen LogP contribution in [0.2, 0.25) is 0 Å². The first-order valence-corrected chi connectivity index (χ1v) is 6.69. The Hall–Kier alpha value is -2.10. The molecule has 4 heteroatoms. The number of hydrogen-bond acceptors (Lipinski definition) is 2. The molecule has 1 fully saturated rings. The van der Waals surface area contributed by atoms with Crippen LogP contribution in [0.3, 0.4) is 0 Å². The zero-order valence-electron chi connectivity index (χ0n) is 10.7. The summed E-state index contributed by atoms with van der Waals surface area (Å²) < 4.78 is 1.84. The molecule has 0 bridgehead atoms. The second kappa shape index (κ2) is 5.26. The number of hydrogen-bond donors (Lipinski definition) is 1. The van der Waals surface area contributed by atoms with Crippen LogP contribution in [0.5, 0.6) is 0 Å². The summed E-state index contributed by atoms with van der Waals surface area (Å²) in [5.41, 5.74) is 1.20. The van der Waals surface area contributed by atoms with Crippen LogP contribution in [0.25, 0.3) is 0 Å². The highest BCUT2D eigenvalue weighted by atomic mass is 16.2. The van der Waals surface area contributed by atoms with Crippen LogP contribution in [0, 0.1) is 5.92 Å². The monoisotopic (exact) mass is 255 g/mol. The van der Waals surface area contributed by atoms with E-state index in [0.29, 0.717) is 5.82 Å². The molecule has 0 radical (unpaired) electrons. The van der Waals surface area contributed by atoms with E-state index < -0.39 is 0 Å². The highest BCUT2D eigenvalue weighted by Gasteiger charge is 2.25. The third-order valence-electron chi connectivity index (χ3n) is 3.56. The van der Waals surface area contributed by atoms with E-state index in [9.17, 15) is 4.79 Å². The number of nitrogens with zero attached hydrogens (tertiary/aromatic N) is 2. The number of aromatic nitrogens is 2. The van der Waals surface area contributed by atoms with Gasteiger partial charge in [-0.25, -0.2) is 0 Å². The van der Waals surface area contributed by atoms with E-state index in [1.807, 2.05) is 35.1 Å². The largest absolute Gasteiger partial charge is 0.309 e. The second-order valence-electron chi connectivity index (χ2n) is 5.00. The van der Waals surface area contributed by atoms with Crippen LogP contribution >= 0.6 is 0 Å².